The molecule has 0 spiro atoms. The van der Waals surface area contributed by atoms with Gasteiger partial charge in [0.05, 0.1) is 6.26 Å². The molecule has 186 valence electrons. The normalized spacial score (nSPS) is 14.6. The highest BCUT2D eigenvalue weighted by atomic mass is 16.4. The van der Waals surface area contributed by atoms with Crippen LogP contribution in [0.25, 0.3) is 11.0 Å². The second-order valence-corrected chi connectivity index (χ2v) is 9.52. The molecule has 1 fully saturated rings. The summed E-state index contributed by atoms with van der Waals surface area (Å²) in [6, 6.07) is 10.5. The quantitative estimate of drug-likeness (QED) is 0.455. The van der Waals surface area contributed by atoms with Crippen LogP contribution in [0.1, 0.15) is 42.8 Å². The van der Waals surface area contributed by atoms with Gasteiger partial charge in [-0.1, -0.05) is 13.8 Å². The number of aryl methyl sites for hydroxylation is 1. The number of carbonyl (C=O) groups is 2. The molecular weight excluding hydrogens is 446 g/mol. The topological polar surface area (TPSA) is 87.2 Å². The number of piperazine rings is 1. The van der Waals surface area contributed by atoms with E-state index < -0.39 is 5.63 Å². The number of carbonyl (C=O) groups excluding carboxylic acids is 2. The number of rotatable bonds is 8. The van der Waals surface area contributed by atoms with Crippen molar-refractivity contribution in [3.8, 4) is 0 Å². The van der Waals surface area contributed by atoms with E-state index in [1.54, 1.807) is 28.0 Å². The van der Waals surface area contributed by atoms with Crippen LogP contribution in [0.3, 0.4) is 0 Å². The van der Waals surface area contributed by atoms with Gasteiger partial charge in [-0.3, -0.25) is 14.5 Å². The van der Waals surface area contributed by atoms with E-state index in [1.165, 1.54) is 12.3 Å². The molecule has 8 heteroatoms. The first-order valence-electron chi connectivity index (χ1n) is 12.2. The van der Waals surface area contributed by atoms with Crippen LogP contribution < -0.4 is 10.5 Å². The van der Waals surface area contributed by atoms with Crippen molar-refractivity contribution in [3.05, 3.63) is 64.4 Å². The van der Waals surface area contributed by atoms with Crippen molar-refractivity contribution in [3.63, 3.8) is 0 Å². The van der Waals surface area contributed by atoms with E-state index in [0.29, 0.717) is 63.0 Å². The molecule has 3 aromatic rings. The van der Waals surface area contributed by atoms with Crippen molar-refractivity contribution >= 4 is 28.5 Å². The van der Waals surface area contributed by atoms with Gasteiger partial charge in [0, 0.05) is 68.9 Å². The molecule has 0 bridgehead atoms. The van der Waals surface area contributed by atoms with E-state index >= 15 is 0 Å². The number of furan rings is 1. The van der Waals surface area contributed by atoms with Gasteiger partial charge >= 0.3 is 5.63 Å². The number of hydrogen-bond donors (Lipinski definition) is 0. The first kappa shape index (κ1) is 24.7. The summed E-state index contributed by atoms with van der Waals surface area (Å²) in [6.45, 7) is 10.0. The lowest BCUT2D eigenvalue weighted by Crippen LogP contribution is -2.49. The standard InChI is InChI=1S/C27H33N3O5/c1-19(2)8-11-30(21-6-7-22-20(3)17-26(32)35-24(22)18-21)25(31)9-10-28-12-14-29(15-13-28)27(33)23-5-4-16-34-23/h4-7,16-19H,8-15H2,1-3H3. The number of hydrogen-bond acceptors (Lipinski definition) is 6. The van der Waals surface area contributed by atoms with E-state index in [2.05, 4.69) is 18.7 Å². The molecule has 8 nitrogen and oxygen atoms in total. The maximum absolute atomic E-state index is 13.3. The van der Waals surface area contributed by atoms with Crippen LogP contribution in [0.5, 0.6) is 0 Å². The fourth-order valence-corrected chi connectivity index (χ4v) is 4.39. The number of fused-ring (bicyclic) bond motifs is 1. The molecule has 4 rings (SSSR count). The second-order valence-electron chi connectivity index (χ2n) is 9.52. The fourth-order valence-electron chi connectivity index (χ4n) is 4.39. The van der Waals surface area contributed by atoms with Crippen molar-refractivity contribution in [1.82, 2.24) is 9.80 Å². The van der Waals surface area contributed by atoms with Crippen molar-refractivity contribution < 1.29 is 18.4 Å². The van der Waals surface area contributed by atoms with Crippen LogP contribution in [0, 0.1) is 12.8 Å². The van der Waals surface area contributed by atoms with Gasteiger partial charge in [-0.05, 0) is 49.1 Å². The monoisotopic (exact) mass is 479 g/mol. The predicted octanol–water partition coefficient (Wildman–Crippen LogP) is 3.92. The lowest BCUT2D eigenvalue weighted by atomic mass is 10.1. The Labute approximate surface area is 205 Å². The SMILES string of the molecule is Cc1cc(=O)oc2cc(N(CCC(C)C)C(=O)CCN3CCN(C(=O)c4ccco4)CC3)ccc12. The highest BCUT2D eigenvalue weighted by Crippen LogP contribution is 2.25. The number of anilines is 1. The summed E-state index contributed by atoms with van der Waals surface area (Å²) in [5.41, 5.74) is 1.70. The second kappa shape index (κ2) is 10.9. The summed E-state index contributed by atoms with van der Waals surface area (Å²) in [6.07, 6.45) is 2.75. The van der Waals surface area contributed by atoms with Gasteiger partial charge in [-0.15, -0.1) is 0 Å². The Bertz CT molecular complexity index is 1220. The summed E-state index contributed by atoms with van der Waals surface area (Å²) < 4.78 is 10.6. The molecule has 0 aliphatic carbocycles. The van der Waals surface area contributed by atoms with E-state index in [-0.39, 0.29) is 11.8 Å². The smallest absolute Gasteiger partial charge is 0.336 e. The zero-order valence-corrected chi connectivity index (χ0v) is 20.7. The summed E-state index contributed by atoms with van der Waals surface area (Å²) in [4.78, 5) is 43.5. The van der Waals surface area contributed by atoms with E-state index in [4.69, 9.17) is 8.83 Å². The molecule has 0 radical (unpaired) electrons. The van der Waals surface area contributed by atoms with Gasteiger partial charge in [-0.25, -0.2) is 4.79 Å². The first-order valence-corrected chi connectivity index (χ1v) is 12.2. The Morgan fingerprint density at radius 2 is 1.86 bits per heavy atom. The fraction of sp³-hybridized carbons (Fsp3) is 0.444. The largest absolute Gasteiger partial charge is 0.459 e. The maximum atomic E-state index is 13.3. The average molecular weight is 480 g/mol. The minimum absolute atomic E-state index is 0.0362. The highest BCUT2D eigenvalue weighted by Gasteiger charge is 2.25. The zero-order valence-electron chi connectivity index (χ0n) is 20.7. The molecular formula is C27H33N3O5. The Kier molecular flexibility index (Phi) is 7.70. The van der Waals surface area contributed by atoms with Crippen LogP contribution in [0.4, 0.5) is 5.69 Å². The Hall–Kier alpha value is -3.39. The van der Waals surface area contributed by atoms with Crippen molar-refractivity contribution in [1.29, 1.82) is 0 Å². The molecule has 1 aromatic carbocycles. The molecule has 3 heterocycles. The predicted molar refractivity (Wildman–Crippen MR) is 135 cm³/mol. The molecule has 1 saturated heterocycles. The summed E-state index contributed by atoms with van der Waals surface area (Å²) in [7, 11) is 0. The van der Waals surface area contributed by atoms with Crippen LogP contribution in [-0.4, -0.2) is 60.9 Å². The van der Waals surface area contributed by atoms with Crippen LogP contribution in [0.2, 0.25) is 0 Å². The third-order valence-electron chi connectivity index (χ3n) is 6.51. The summed E-state index contributed by atoms with van der Waals surface area (Å²) in [5, 5.41) is 0.867. The molecule has 2 amide bonds. The van der Waals surface area contributed by atoms with Crippen LogP contribution >= 0.6 is 0 Å². The van der Waals surface area contributed by atoms with Gasteiger partial charge in [0.15, 0.2) is 5.76 Å². The van der Waals surface area contributed by atoms with Crippen LogP contribution in [-0.2, 0) is 4.79 Å². The Balaban J connectivity index is 1.40. The zero-order chi connectivity index (χ0) is 24.9. The van der Waals surface area contributed by atoms with Crippen molar-refractivity contribution in [2.75, 3.05) is 44.2 Å². The summed E-state index contributed by atoms with van der Waals surface area (Å²) >= 11 is 0. The minimum atomic E-state index is -0.392. The maximum Gasteiger partial charge on any atom is 0.336 e. The third-order valence-corrected chi connectivity index (χ3v) is 6.51. The van der Waals surface area contributed by atoms with E-state index in [1.807, 2.05) is 19.1 Å². The molecule has 35 heavy (non-hydrogen) atoms. The third kappa shape index (κ3) is 6.00. The molecule has 0 atom stereocenters. The lowest BCUT2D eigenvalue weighted by Gasteiger charge is -2.34. The van der Waals surface area contributed by atoms with Gasteiger partial charge in [0.2, 0.25) is 5.91 Å². The number of nitrogens with zero attached hydrogens (tertiary/aromatic N) is 3. The average Bonchev–Trinajstić information content (AvgIpc) is 3.37. The minimum Gasteiger partial charge on any atom is -0.459 e. The first-order chi connectivity index (χ1) is 16.8. The summed E-state index contributed by atoms with van der Waals surface area (Å²) in [5.74, 6) is 0.749. The van der Waals surface area contributed by atoms with Gasteiger partial charge < -0.3 is 18.6 Å². The van der Waals surface area contributed by atoms with E-state index in [9.17, 15) is 14.4 Å². The molecule has 2 aromatic heterocycles. The van der Waals surface area contributed by atoms with Gasteiger partial charge in [0.1, 0.15) is 5.58 Å². The Morgan fingerprint density at radius 1 is 1.09 bits per heavy atom. The van der Waals surface area contributed by atoms with Gasteiger partial charge in [0.25, 0.3) is 5.91 Å². The molecule has 1 aliphatic heterocycles. The van der Waals surface area contributed by atoms with Crippen LogP contribution in [0.15, 0.2) is 56.3 Å². The molecule has 0 N–H and O–H groups in total. The van der Waals surface area contributed by atoms with Gasteiger partial charge in [-0.2, -0.15) is 0 Å². The lowest BCUT2D eigenvalue weighted by molar-refractivity contribution is -0.119. The molecule has 0 saturated carbocycles. The van der Waals surface area contributed by atoms with Crippen molar-refractivity contribution in [2.45, 2.75) is 33.6 Å². The van der Waals surface area contributed by atoms with E-state index in [0.717, 1.165) is 23.1 Å². The molecule has 0 unspecified atom stereocenters. The highest BCUT2D eigenvalue weighted by molar-refractivity contribution is 5.96. The van der Waals surface area contributed by atoms with Crippen molar-refractivity contribution in [2.24, 2.45) is 5.92 Å². The Morgan fingerprint density at radius 3 is 2.54 bits per heavy atom. The molecule has 1 aliphatic rings. The number of amides is 2. The number of benzene rings is 1.